The number of rotatable bonds is 5. The third-order valence-corrected chi connectivity index (χ3v) is 4.70. The molecule has 7 heteroatoms. The molecule has 1 aliphatic rings. The SMILES string of the molecule is COc1ccc(C)cc1CN1CCN(C(=O)C(C)n2cncn2)CC1. The minimum atomic E-state index is -0.314. The molecule has 1 aliphatic heterocycles. The Labute approximate surface area is 148 Å². The standard InChI is InChI=1S/C18H25N5O2/c1-14-4-5-17(25-3)16(10-14)11-21-6-8-22(9-7-21)18(24)15(2)23-13-19-12-20-23/h4-5,10,12-13,15H,6-9,11H2,1-3H3. The fraction of sp³-hybridized carbons (Fsp3) is 0.500. The van der Waals surface area contributed by atoms with Crippen LogP contribution in [0.3, 0.4) is 0 Å². The van der Waals surface area contributed by atoms with Crippen LogP contribution in [0.25, 0.3) is 0 Å². The molecule has 25 heavy (non-hydrogen) atoms. The lowest BCUT2D eigenvalue weighted by atomic mass is 10.1. The highest BCUT2D eigenvalue weighted by molar-refractivity contribution is 5.80. The number of aryl methyl sites for hydroxylation is 1. The lowest BCUT2D eigenvalue weighted by molar-refractivity contribution is -0.136. The molecule has 1 atom stereocenters. The molecule has 0 spiro atoms. The highest BCUT2D eigenvalue weighted by Crippen LogP contribution is 2.22. The second kappa shape index (κ2) is 7.65. The first-order chi connectivity index (χ1) is 12.1. The Morgan fingerprint density at radius 1 is 1.28 bits per heavy atom. The molecule has 1 aromatic heterocycles. The molecule has 7 nitrogen and oxygen atoms in total. The average Bonchev–Trinajstić information content (AvgIpc) is 3.16. The molecular formula is C18H25N5O2. The van der Waals surface area contributed by atoms with Gasteiger partial charge in [0, 0.05) is 38.3 Å². The van der Waals surface area contributed by atoms with Crippen molar-refractivity contribution < 1.29 is 9.53 Å². The Morgan fingerprint density at radius 2 is 2.04 bits per heavy atom. The van der Waals surface area contributed by atoms with Gasteiger partial charge in [0.2, 0.25) is 5.91 Å². The second-order valence-electron chi connectivity index (χ2n) is 6.47. The molecule has 0 N–H and O–H groups in total. The maximum absolute atomic E-state index is 12.6. The van der Waals surface area contributed by atoms with Crippen LogP contribution < -0.4 is 4.74 Å². The molecule has 0 saturated carbocycles. The van der Waals surface area contributed by atoms with Crippen molar-refractivity contribution in [2.75, 3.05) is 33.3 Å². The van der Waals surface area contributed by atoms with E-state index in [1.165, 1.54) is 17.5 Å². The third kappa shape index (κ3) is 3.99. The molecule has 1 unspecified atom stereocenters. The third-order valence-electron chi connectivity index (χ3n) is 4.70. The number of aromatic nitrogens is 3. The first-order valence-corrected chi connectivity index (χ1v) is 8.57. The van der Waals surface area contributed by atoms with Gasteiger partial charge in [-0.3, -0.25) is 9.69 Å². The van der Waals surface area contributed by atoms with Gasteiger partial charge in [-0.05, 0) is 19.9 Å². The first kappa shape index (κ1) is 17.4. The van der Waals surface area contributed by atoms with Crippen LogP contribution in [0.15, 0.2) is 30.9 Å². The molecule has 1 fully saturated rings. The summed E-state index contributed by atoms with van der Waals surface area (Å²) in [6.45, 7) is 7.95. The van der Waals surface area contributed by atoms with Crippen molar-refractivity contribution in [3.05, 3.63) is 42.0 Å². The first-order valence-electron chi connectivity index (χ1n) is 8.57. The van der Waals surface area contributed by atoms with Gasteiger partial charge in [-0.2, -0.15) is 5.10 Å². The van der Waals surface area contributed by atoms with Crippen LogP contribution in [0.2, 0.25) is 0 Å². The molecule has 1 amide bonds. The van der Waals surface area contributed by atoms with Gasteiger partial charge in [-0.15, -0.1) is 0 Å². The number of amides is 1. The van der Waals surface area contributed by atoms with Crippen molar-refractivity contribution in [2.24, 2.45) is 0 Å². The number of carbonyl (C=O) groups is 1. The number of carbonyl (C=O) groups excluding carboxylic acids is 1. The highest BCUT2D eigenvalue weighted by Gasteiger charge is 2.26. The lowest BCUT2D eigenvalue weighted by Gasteiger charge is -2.36. The zero-order valence-electron chi connectivity index (χ0n) is 15.1. The maximum Gasteiger partial charge on any atom is 0.247 e. The van der Waals surface area contributed by atoms with E-state index in [9.17, 15) is 4.79 Å². The van der Waals surface area contributed by atoms with Crippen LogP contribution in [0, 0.1) is 6.92 Å². The zero-order chi connectivity index (χ0) is 17.8. The lowest BCUT2D eigenvalue weighted by Crippen LogP contribution is -2.50. The number of hydrogen-bond acceptors (Lipinski definition) is 5. The van der Waals surface area contributed by atoms with Crippen molar-refractivity contribution in [3.63, 3.8) is 0 Å². The van der Waals surface area contributed by atoms with E-state index in [4.69, 9.17) is 4.74 Å². The number of methoxy groups -OCH3 is 1. The molecule has 0 bridgehead atoms. The molecular weight excluding hydrogens is 318 g/mol. The van der Waals surface area contributed by atoms with Crippen LogP contribution in [0.1, 0.15) is 24.1 Å². The summed E-state index contributed by atoms with van der Waals surface area (Å²) in [7, 11) is 1.70. The fourth-order valence-electron chi connectivity index (χ4n) is 3.19. The Kier molecular flexibility index (Phi) is 5.33. The van der Waals surface area contributed by atoms with E-state index in [2.05, 4.69) is 34.0 Å². The second-order valence-corrected chi connectivity index (χ2v) is 6.47. The molecule has 0 aliphatic carbocycles. The van der Waals surface area contributed by atoms with E-state index >= 15 is 0 Å². The summed E-state index contributed by atoms with van der Waals surface area (Å²) in [4.78, 5) is 20.8. The molecule has 1 saturated heterocycles. The van der Waals surface area contributed by atoms with Crippen LogP contribution in [0.5, 0.6) is 5.75 Å². The summed E-state index contributed by atoms with van der Waals surface area (Å²) in [5.41, 5.74) is 2.42. The minimum Gasteiger partial charge on any atom is -0.496 e. The fourth-order valence-corrected chi connectivity index (χ4v) is 3.19. The molecule has 3 rings (SSSR count). The monoisotopic (exact) mass is 343 g/mol. The summed E-state index contributed by atoms with van der Waals surface area (Å²) in [5.74, 6) is 1.02. The largest absolute Gasteiger partial charge is 0.496 e. The van der Waals surface area contributed by atoms with Crippen LogP contribution in [0.4, 0.5) is 0 Å². The smallest absolute Gasteiger partial charge is 0.247 e. The summed E-state index contributed by atoms with van der Waals surface area (Å²) in [6, 6.07) is 5.93. The summed E-state index contributed by atoms with van der Waals surface area (Å²) in [6.07, 6.45) is 3.04. The summed E-state index contributed by atoms with van der Waals surface area (Å²) >= 11 is 0. The molecule has 0 radical (unpaired) electrons. The van der Waals surface area contributed by atoms with Crippen LogP contribution in [-0.4, -0.2) is 63.8 Å². The van der Waals surface area contributed by atoms with Gasteiger partial charge in [0.05, 0.1) is 7.11 Å². The summed E-state index contributed by atoms with van der Waals surface area (Å²) < 4.78 is 7.07. The molecule has 2 aromatic rings. The number of hydrogen-bond donors (Lipinski definition) is 0. The van der Waals surface area contributed by atoms with E-state index in [1.54, 1.807) is 18.1 Å². The molecule has 134 valence electrons. The van der Waals surface area contributed by atoms with Crippen LogP contribution in [-0.2, 0) is 11.3 Å². The van der Waals surface area contributed by atoms with Crippen molar-refractivity contribution in [1.82, 2.24) is 24.6 Å². The Morgan fingerprint density at radius 3 is 2.68 bits per heavy atom. The van der Waals surface area contributed by atoms with Crippen molar-refractivity contribution in [2.45, 2.75) is 26.4 Å². The van der Waals surface area contributed by atoms with E-state index in [0.717, 1.165) is 38.5 Å². The van der Waals surface area contributed by atoms with E-state index < -0.39 is 0 Å². The van der Waals surface area contributed by atoms with E-state index in [1.807, 2.05) is 17.9 Å². The van der Waals surface area contributed by atoms with Gasteiger partial charge in [-0.1, -0.05) is 17.7 Å². The number of ether oxygens (including phenoxy) is 1. The number of piperazine rings is 1. The van der Waals surface area contributed by atoms with Gasteiger partial charge >= 0.3 is 0 Å². The van der Waals surface area contributed by atoms with E-state index in [0.29, 0.717) is 0 Å². The van der Waals surface area contributed by atoms with Gasteiger partial charge in [0.25, 0.3) is 0 Å². The Balaban J connectivity index is 1.57. The highest BCUT2D eigenvalue weighted by atomic mass is 16.5. The van der Waals surface area contributed by atoms with Crippen molar-refractivity contribution in [3.8, 4) is 5.75 Å². The van der Waals surface area contributed by atoms with Gasteiger partial charge in [-0.25, -0.2) is 9.67 Å². The van der Waals surface area contributed by atoms with E-state index in [-0.39, 0.29) is 11.9 Å². The predicted molar refractivity (Wildman–Crippen MR) is 94.3 cm³/mol. The van der Waals surface area contributed by atoms with Crippen molar-refractivity contribution in [1.29, 1.82) is 0 Å². The molecule has 2 heterocycles. The van der Waals surface area contributed by atoms with Crippen molar-refractivity contribution >= 4 is 5.91 Å². The number of nitrogens with zero attached hydrogens (tertiary/aromatic N) is 5. The minimum absolute atomic E-state index is 0.0956. The Hall–Kier alpha value is -2.41. The topological polar surface area (TPSA) is 63.5 Å². The Bertz CT molecular complexity index is 708. The molecule has 1 aromatic carbocycles. The quantitative estimate of drug-likeness (QED) is 0.823. The number of benzene rings is 1. The normalized spacial score (nSPS) is 16.7. The maximum atomic E-state index is 12.6. The van der Waals surface area contributed by atoms with Gasteiger partial charge in [0.1, 0.15) is 24.4 Å². The van der Waals surface area contributed by atoms with Gasteiger partial charge in [0.15, 0.2) is 0 Å². The average molecular weight is 343 g/mol. The van der Waals surface area contributed by atoms with Crippen LogP contribution >= 0.6 is 0 Å². The van der Waals surface area contributed by atoms with Gasteiger partial charge < -0.3 is 9.64 Å². The summed E-state index contributed by atoms with van der Waals surface area (Å²) in [5, 5.41) is 4.06. The predicted octanol–water partition coefficient (Wildman–Crippen LogP) is 1.50. The zero-order valence-corrected chi connectivity index (χ0v) is 15.1.